The molecule has 2 aromatic rings. The smallest absolute Gasteiger partial charge is 0.251 e. The zero-order valence-electron chi connectivity index (χ0n) is 11.8. The number of hydrogen-bond acceptors (Lipinski definition) is 3. The summed E-state index contributed by atoms with van der Waals surface area (Å²) >= 11 is 4.99. The molecule has 3 rings (SSSR count). The Labute approximate surface area is 141 Å². The summed E-state index contributed by atoms with van der Waals surface area (Å²) in [6.45, 7) is 0.494. The van der Waals surface area contributed by atoms with Gasteiger partial charge in [-0.15, -0.1) is 11.3 Å². The SMILES string of the molecule is O=C(NCc1ccc(Br)s1)c1cccc(NC(=O)C2CC2)c1. The van der Waals surface area contributed by atoms with Gasteiger partial charge < -0.3 is 10.6 Å². The van der Waals surface area contributed by atoms with Crippen LogP contribution in [0, 0.1) is 5.92 Å². The molecule has 0 bridgehead atoms. The number of anilines is 1. The van der Waals surface area contributed by atoms with Crippen LogP contribution in [-0.4, -0.2) is 11.8 Å². The molecule has 1 aromatic heterocycles. The third-order valence-electron chi connectivity index (χ3n) is 3.39. The van der Waals surface area contributed by atoms with Gasteiger partial charge in [-0.05, 0) is 59.1 Å². The molecule has 2 N–H and O–H groups in total. The van der Waals surface area contributed by atoms with Crippen molar-refractivity contribution in [3.8, 4) is 0 Å². The summed E-state index contributed by atoms with van der Waals surface area (Å²) in [6.07, 6.45) is 1.92. The molecule has 1 saturated carbocycles. The standard InChI is InChI=1S/C16H15BrN2O2S/c17-14-7-6-13(22-14)9-18-15(20)11-2-1-3-12(8-11)19-16(21)10-4-5-10/h1-3,6-8,10H,4-5,9H2,(H,18,20)(H,19,21). The van der Waals surface area contributed by atoms with Crippen LogP contribution in [0.5, 0.6) is 0 Å². The summed E-state index contributed by atoms with van der Waals surface area (Å²) in [7, 11) is 0. The molecule has 114 valence electrons. The Morgan fingerprint density at radius 3 is 2.73 bits per heavy atom. The van der Waals surface area contributed by atoms with Crippen molar-refractivity contribution < 1.29 is 9.59 Å². The first-order valence-corrected chi connectivity index (χ1v) is 8.66. The molecular weight excluding hydrogens is 364 g/mol. The van der Waals surface area contributed by atoms with Crippen molar-refractivity contribution in [2.45, 2.75) is 19.4 Å². The van der Waals surface area contributed by atoms with Crippen molar-refractivity contribution in [1.82, 2.24) is 5.32 Å². The van der Waals surface area contributed by atoms with Gasteiger partial charge in [-0.3, -0.25) is 9.59 Å². The van der Waals surface area contributed by atoms with Crippen LogP contribution in [0.15, 0.2) is 40.2 Å². The molecule has 1 heterocycles. The molecular formula is C16H15BrN2O2S. The average molecular weight is 379 g/mol. The predicted molar refractivity (Wildman–Crippen MR) is 91.0 cm³/mol. The molecule has 1 aliphatic carbocycles. The Morgan fingerprint density at radius 1 is 1.23 bits per heavy atom. The highest BCUT2D eigenvalue weighted by molar-refractivity contribution is 9.11. The summed E-state index contributed by atoms with van der Waals surface area (Å²) in [4.78, 5) is 25.0. The maximum atomic E-state index is 12.2. The number of nitrogens with one attached hydrogen (secondary N) is 2. The molecule has 22 heavy (non-hydrogen) atoms. The number of rotatable bonds is 5. The average Bonchev–Trinajstić information content (AvgIpc) is 3.28. The summed E-state index contributed by atoms with van der Waals surface area (Å²) in [6, 6.07) is 11.0. The van der Waals surface area contributed by atoms with Crippen LogP contribution in [0.25, 0.3) is 0 Å². The number of carbonyl (C=O) groups excluding carboxylic acids is 2. The molecule has 0 spiro atoms. The fourth-order valence-electron chi connectivity index (χ4n) is 2.04. The van der Waals surface area contributed by atoms with Crippen LogP contribution in [0.2, 0.25) is 0 Å². The van der Waals surface area contributed by atoms with Crippen LogP contribution in [-0.2, 0) is 11.3 Å². The van der Waals surface area contributed by atoms with Crippen LogP contribution in [0.4, 0.5) is 5.69 Å². The number of carbonyl (C=O) groups is 2. The van der Waals surface area contributed by atoms with Crippen LogP contribution in [0.1, 0.15) is 28.1 Å². The summed E-state index contributed by atoms with van der Waals surface area (Å²) in [5, 5.41) is 5.74. The zero-order valence-corrected chi connectivity index (χ0v) is 14.2. The lowest BCUT2D eigenvalue weighted by molar-refractivity contribution is -0.117. The van der Waals surface area contributed by atoms with E-state index in [9.17, 15) is 9.59 Å². The van der Waals surface area contributed by atoms with E-state index in [1.807, 2.05) is 12.1 Å². The zero-order chi connectivity index (χ0) is 15.5. The lowest BCUT2D eigenvalue weighted by atomic mass is 10.2. The Bertz CT molecular complexity index is 710. The second kappa shape index (κ2) is 6.62. The van der Waals surface area contributed by atoms with Crippen molar-refractivity contribution in [3.05, 3.63) is 50.6 Å². The fraction of sp³-hybridized carbons (Fsp3) is 0.250. The minimum absolute atomic E-state index is 0.0426. The van der Waals surface area contributed by atoms with E-state index in [0.717, 1.165) is 21.5 Å². The van der Waals surface area contributed by atoms with Gasteiger partial charge in [0.25, 0.3) is 5.91 Å². The Kier molecular flexibility index (Phi) is 4.59. The third-order valence-corrected chi connectivity index (χ3v) is 5.02. The molecule has 0 radical (unpaired) electrons. The normalized spacial score (nSPS) is 13.7. The summed E-state index contributed by atoms with van der Waals surface area (Å²) < 4.78 is 1.04. The maximum Gasteiger partial charge on any atom is 0.251 e. The van der Waals surface area contributed by atoms with Gasteiger partial charge in [-0.1, -0.05) is 6.07 Å². The van der Waals surface area contributed by atoms with Gasteiger partial charge in [0.1, 0.15) is 0 Å². The van der Waals surface area contributed by atoms with Crippen molar-refractivity contribution >= 4 is 44.8 Å². The number of amides is 2. The van der Waals surface area contributed by atoms with Crippen molar-refractivity contribution in [2.24, 2.45) is 5.92 Å². The lowest BCUT2D eigenvalue weighted by Crippen LogP contribution is -2.22. The number of hydrogen-bond donors (Lipinski definition) is 2. The molecule has 0 unspecified atom stereocenters. The second-order valence-corrected chi connectivity index (χ2v) is 7.78. The topological polar surface area (TPSA) is 58.2 Å². The van der Waals surface area contributed by atoms with Gasteiger partial charge in [-0.25, -0.2) is 0 Å². The number of thiophene rings is 1. The molecule has 4 nitrogen and oxygen atoms in total. The highest BCUT2D eigenvalue weighted by Crippen LogP contribution is 2.30. The largest absolute Gasteiger partial charge is 0.347 e. The van der Waals surface area contributed by atoms with Crippen LogP contribution in [0.3, 0.4) is 0 Å². The first kappa shape index (κ1) is 15.2. The molecule has 1 fully saturated rings. The van der Waals surface area contributed by atoms with Crippen LogP contribution < -0.4 is 10.6 Å². The third kappa shape index (κ3) is 3.96. The molecule has 6 heteroatoms. The molecule has 0 saturated heterocycles. The van der Waals surface area contributed by atoms with E-state index < -0.39 is 0 Å². The quantitative estimate of drug-likeness (QED) is 0.831. The van der Waals surface area contributed by atoms with E-state index in [0.29, 0.717) is 17.8 Å². The number of benzene rings is 1. The maximum absolute atomic E-state index is 12.2. The highest BCUT2D eigenvalue weighted by Gasteiger charge is 2.29. The van der Waals surface area contributed by atoms with Gasteiger partial charge in [-0.2, -0.15) is 0 Å². The molecule has 0 aliphatic heterocycles. The Balaban J connectivity index is 1.60. The monoisotopic (exact) mass is 378 g/mol. The van der Waals surface area contributed by atoms with E-state index >= 15 is 0 Å². The van der Waals surface area contributed by atoms with Crippen LogP contribution >= 0.6 is 27.3 Å². The fourth-order valence-corrected chi connectivity index (χ4v) is 3.47. The predicted octanol–water partition coefficient (Wildman–Crippen LogP) is 3.79. The van der Waals surface area contributed by atoms with Gasteiger partial charge in [0.2, 0.25) is 5.91 Å². The second-order valence-electron chi connectivity index (χ2n) is 5.23. The minimum atomic E-state index is -0.146. The molecule has 2 amide bonds. The first-order chi connectivity index (χ1) is 10.6. The van der Waals surface area contributed by atoms with Gasteiger partial charge in [0.05, 0.1) is 10.3 Å². The number of halogens is 1. The van der Waals surface area contributed by atoms with E-state index in [1.54, 1.807) is 35.6 Å². The van der Waals surface area contributed by atoms with Crippen molar-refractivity contribution in [1.29, 1.82) is 0 Å². The lowest BCUT2D eigenvalue weighted by Gasteiger charge is -2.07. The minimum Gasteiger partial charge on any atom is -0.347 e. The first-order valence-electron chi connectivity index (χ1n) is 7.05. The van der Waals surface area contributed by atoms with Crippen molar-refractivity contribution in [3.63, 3.8) is 0 Å². The van der Waals surface area contributed by atoms with E-state index in [2.05, 4.69) is 26.6 Å². The van der Waals surface area contributed by atoms with Gasteiger partial charge in [0, 0.05) is 22.0 Å². The summed E-state index contributed by atoms with van der Waals surface area (Å²) in [5.74, 6) is 0.0443. The molecule has 1 aliphatic rings. The summed E-state index contributed by atoms with van der Waals surface area (Å²) in [5.41, 5.74) is 1.22. The molecule has 0 atom stereocenters. The van der Waals surface area contributed by atoms with Gasteiger partial charge >= 0.3 is 0 Å². The van der Waals surface area contributed by atoms with Gasteiger partial charge in [0.15, 0.2) is 0 Å². The van der Waals surface area contributed by atoms with E-state index in [-0.39, 0.29) is 17.7 Å². The van der Waals surface area contributed by atoms with E-state index in [4.69, 9.17) is 0 Å². The Morgan fingerprint density at radius 2 is 2.05 bits per heavy atom. The highest BCUT2D eigenvalue weighted by atomic mass is 79.9. The Hall–Kier alpha value is -1.66. The van der Waals surface area contributed by atoms with Crippen molar-refractivity contribution in [2.75, 3.05) is 5.32 Å². The molecule has 1 aromatic carbocycles. The van der Waals surface area contributed by atoms with E-state index in [1.165, 1.54) is 0 Å².